The van der Waals surface area contributed by atoms with E-state index in [1.54, 1.807) is 18.5 Å². The van der Waals surface area contributed by atoms with Crippen molar-refractivity contribution in [3.8, 4) is 11.1 Å². The molecule has 3 rings (SSSR count). The highest BCUT2D eigenvalue weighted by Crippen LogP contribution is 2.38. The molecule has 1 aliphatic rings. The molecular formula is C13H10ClFN2. The third-order valence-electron chi connectivity index (χ3n) is 2.86. The number of benzene rings is 1. The van der Waals surface area contributed by atoms with Crippen LogP contribution in [0.5, 0.6) is 0 Å². The van der Waals surface area contributed by atoms with Gasteiger partial charge in [-0.05, 0) is 31.0 Å². The second-order valence-electron chi connectivity index (χ2n) is 4.23. The van der Waals surface area contributed by atoms with Gasteiger partial charge >= 0.3 is 0 Å². The Balaban J connectivity index is 1.97. The van der Waals surface area contributed by atoms with Crippen LogP contribution in [0.15, 0.2) is 30.6 Å². The average Bonchev–Trinajstić information content (AvgIpc) is 3.13. The predicted octanol–water partition coefficient (Wildman–Crippen LogP) is 3.81. The molecule has 0 bridgehead atoms. The fourth-order valence-corrected chi connectivity index (χ4v) is 2.03. The number of hydrogen-bond donors (Lipinski definition) is 0. The molecule has 0 amide bonds. The van der Waals surface area contributed by atoms with E-state index in [9.17, 15) is 4.39 Å². The molecular weight excluding hydrogens is 239 g/mol. The van der Waals surface area contributed by atoms with Gasteiger partial charge in [-0.25, -0.2) is 14.4 Å². The predicted molar refractivity (Wildman–Crippen MR) is 64.4 cm³/mol. The molecule has 2 aromatic rings. The lowest BCUT2D eigenvalue weighted by molar-refractivity contribution is 0.628. The highest BCUT2D eigenvalue weighted by atomic mass is 35.5. The molecule has 0 saturated heterocycles. The zero-order chi connectivity index (χ0) is 11.8. The summed E-state index contributed by atoms with van der Waals surface area (Å²) < 4.78 is 12.9. The van der Waals surface area contributed by atoms with Crippen molar-refractivity contribution in [3.05, 3.63) is 47.3 Å². The van der Waals surface area contributed by atoms with Crippen LogP contribution < -0.4 is 0 Å². The molecule has 0 atom stereocenters. The quantitative estimate of drug-likeness (QED) is 0.808. The minimum atomic E-state index is -0.339. The normalized spacial score (nSPS) is 14.9. The van der Waals surface area contributed by atoms with Crippen LogP contribution in [0.2, 0.25) is 5.02 Å². The molecule has 17 heavy (non-hydrogen) atoms. The molecule has 0 radical (unpaired) electrons. The van der Waals surface area contributed by atoms with E-state index in [1.165, 1.54) is 25.0 Å². The maximum atomic E-state index is 12.9. The van der Waals surface area contributed by atoms with Crippen LogP contribution in [0.4, 0.5) is 4.39 Å². The molecule has 1 fully saturated rings. The standard InChI is InChI=1S/C13H10ClFN2/c14-12-5-10(15)3-4-11(12)9-6-16-13(17-7-9)8-1-2-8/h3-8H,1-2H2. The van der Waals surface area contributed by atoms with E-state index < -0.39 is 0 Å². The third kappa shape index (κ3) is 2.15. The Labute approximate surface area is 103 Å². The fourth-order valence-electron chi connectivity index (χ4n) is 1.75. The smallest absolute Gasteiger partial charge is 0.131 e. The summed E-state index contributed by atoms with van der Waals surface area (Å²) in [4.78, 5) is 8.63. The second kappa shape index (κ2) is 4.08. The van der Waals surface area contributed by atoms with Gasteiger partial charge in [0.2, 0.25) is 0 Å². The first kappa shape index (κ1) is 10.7. The van der Waals surface area contributed by atoms with Crippen LogP contribution in [-0.2, 0) is 0 Å². The Morgan fingerprint density at radius 2 is 1.88 bits per heavy atom. The van der Waals surface area contributed by atoms with E-state index in [2.05, 4.69) is 9.97 Å². The number of nitrogens with zero attached hydrogens (tertiary/aromatic N) is 2. The van der Waals surface area contributed by atoms with Crippen LogP contribution in [0.1, 0.15) is 24.6 Å². The van der Waals surface area contributed by atoms with E-state index in [-0.39, 0.29) is 5.82 Å². The maximum Gasteiger partial charge on any atom is 0.131 e. The fraction of sp³-hybridized carbons (Fsp3) is 0.231. The summed E-state index contributed by atoms with van der Waals surface area (Å²) in [6.07, 6.45) is 5.85. The second-order valence-corrected chi connectivity index (χ2v) is 4.64. The van der Waals surface area contributed by atoms with Crippen LogP contribution in [0.25, 0.3) is 11.1 Å². The SMILES string of the molecule is Fc1ccc(-c2cnc(C3CC3)nc2)c(Cl)c1. The van der Waals surface area contributed by atoms with Gasteiger partial charge in [0.15, 0.2) is 0 Å². The van der Waals surface area contributed by atoms with E-state index in [0.717, 1.165) is 17.0 Å². The highest BCUT2D eigenvalue weighted by molar-refractivity contribution is 6.33. The first-order chi connectivity index (χ1) is 8.24. The van der Waals surface area contributed by atoms with Gasteiger partial charge in [-0.3, -0.25) is 0 Å². The Kier molecular flexibility index (Phi) is 2.56. The molecule has 4 heteroatoms. The Morgan fingerprint density at radius 1 is 1.18 bits per heavy atom. The summed E-state index contributed by atoms with van der Waals surface area (Å²) in [5.41, 5.74) is 1.58. The summed E-state index contributed by atoms with van der Waals surface area (Å²) in [7, 11) is 0. The highest BCUT2D eigenvalue weighted by Gasteiger charge is 2.26. The van der Waals surface area contributed by atoms with Crippen LogP contribution >= 0.6 is 11.6 Å². The van der Waals surface area contributed by atoms with E-state index in [1.807, 2.05) is 0 Å². The zero-order valence-electron chi connectivity index (χ0n) is 9.03. The molecule has 0 N–H and O–H groups in total. The molecule has 1 saturated carbocycles. The van der Waals surface area contributed by atoms with Gasteiger partial charge < -0.3 is 0 Å². The van der Waals surface area contributed by atoms with Gasteiger partial charge in [-0.15, -0.1) is 0 Å². The van der Waals surface area contributed by atoms with Gasteiger partial charge in [-0.2, -0.15) is 0 Å². The largest absolute Gasteiger partial charge is 0.240 e. The lowest BCUT2D eigenvalue weighted by atomic mass is 10.1. The molecule has 2 nitrogen and oxygen atoms in total. The van der Waals surface area contributed by atoms with Crippen LogP contribution in [0, 0.1) is 5.82 Å². The molecule has 1 aromatic heterocycles. The van der Waals surface area contributed by atoms with Crippen molar-refractivity contribution < 1.29 is 4.39 Å². The zero-order valence-corrected chi connectivity index (χ0v) is 9.78. The van der Waals surface area contributed by atoms with E-state index in [0.29, 0.717) is 10.9 Å². The van der Waals surface area contributed by atoms with Crippen molar-refractivity contribution in [2.24, 2.45) is 0 Å². The first-order valence-corrected chi connectivity index (χ1v) is 5.89. The summed E-state index contributed by atoms with van der Waals surface area (Å²) in [6, 6.07) is 4.33. The average molecular weight is 249 g/mol. The summed E-state index contributed by atoms with van der Waals surface area (Å²) >= 11 is 5.98. The number of halogens is 2. The molecule has 0 unspecified atom stereocenters. The van der Waals surface area contributed by atoms with Gasteiger partial charge in [0.1, 0.15) is 11.6 Å². The van der Waals surface area contributed by atoms with Crippen molar-refractivity contribution >= 4 is 11.6 Å². The van der Waals surface area contributed by atoms with Gasteiger partial charge in [0, 0.05) is 29.4 Å². The van der Waals surface area contributed by atoms with Crippen LogP contribution in [-0.4, -0.2) is 9.97 Å². The topological polar surface area (TPSA) is 25.8 Å². The Morgan fingerprint density at radius 3 is 2.47 bits per heavy atom. The number of hydrogen-bond acceptors (Lipinski definition) is 2. The number of rotatable bonds is 2. The lowest BCUT2D eigenvalue weighted by Crippen LogP contribution is -1.92. The Bertz CT molecular complexity index is 550. The first-order valence-electron chi connectivity index (χ1n) is 5.51. The molecule has 0 aliphatic heterocycles. The minimum absolute atomic E-state index is 0.339. The van der Waals surface area contributed by atoms with Crippen molar-refractivity contribution in [2.75, 3.05) is 0 Å². The summed E-state index contributed by atoms with van der Waals surface area (Å²) in [5, 5.41) is 0.382. The van der Waals surface area contributed by atoms with Crippen molar-refractivity contribution in [1.82, 2.24) is 9.97 Å². The molecule has 1 aliphatic carbocycles. The van der Waals surface area contributed by atoms with Gasteiger partial charge in [0.05, 0.1) is 5.02 Å². The van der Waals surface area contributed by atoms with Gasteiger partial charge in [-0.1, -0.05) is 11.6 Å². The van der Waals surface area contributed by atoms with Crippen molar-refractivity contribution in [2.45, 2.75) is 18.8 Å². The van der Waals surface area contributed by atoms with Crippen molar-refractivity contribution in [3.63, 3.8) is 0 Å². The van der Waals surface area contributed by atoms with Crippen molar-refractivity contribution in [1.29, 1.82) is 0 Å². The van der Waals surface area contributed by atoms with Gasteiger partial charge in [0.25, 0.3) is 0 Å². The Hall–Kier alpha value is -1.48. The number of aromatic nitrogens is 2. The monoisotopic (exact) mass is 248 g/mol. The molecule has 1 heterocycles. The van der Waals surface area contributed by atoms with E-state index in [4.69, 9.17) is 11.6 Å². The lowest BCUT2D eigenvalue weighted by Gasteiger charge is -2.04. The third-order valence-corrected chi connectivity index (χ3v) is 3.17. The van der Waals surface area contributed by atoms with Crippen LogP contribution in [0.3, 0.4) is 0 Å². The summed E-state index contributed by atoms with van der Waals surface area (Å²) in [5.74, 6) is 1.09. The summed E-state index contributed by atoms with van der Waals surface area (Å²) in [6.45, 7) is 0. The molecule has 1 aromatic carbocycles. The molecule has 86 valence electrons. The van der Waals surface area contributed by atoms with E-state index >= 15 is 0 Å². The maximum absolute atomic E-state index is 12.9. The molecule has 0 spiro atoms. The minimum Gasteiger partial charge on any atom is -0.240 e.